The highest BCUT2D eigenvalue weighted by Gasteiger charge is 2.34. The van der Waals surface area contributed by atoms with Gasteiger partial charge in [-0.3, -0.25) is 14.7 Å². The average molecular weight is 428 g/mol. The van der Waals surface area contributed by atoms with E-state index in [1.165, 1.54) is 5.69 Å². The molecule has 0 spiro atoms. The number of phenolic OH excluding ortho intramolecular Hbond substituents is 1. The van der Waals surface area contributed by atoms with Gasteiger partial charge in [0.15, 0.2) is 5.76 Å². The Labute approximate surface area is 187 Å². The molecule has 5 rings (SSSR count). The van der Waals surface area contributed by atoms with E-state index in [-0.39, 0.29) is 17.3 Å². The Hall–Kier alpha value is -3.64. The predicted octanol–water partition coefficient (Wildman–Crippen LogP) is 4.03. The van der Waals surface area contributed by atoms with E-state index in [4.69, 9.17) is 4.74 Å². The number of aryl methyl sites for hydroxylation is 1. The summed E-state index contributed by atoms with van der Waals surface area (Å²) in [4.78, 5) is 21.8. The van der Waals surface area contributed by atoms with Crippen LogP contribution in [0.1, 0.15) is 27.0 Å². The lowest BCUT2D eigenvalue weighted by atomic mass is 9.99. The van der Waals surface area contributed by atoms with E-state index in [2.05, 4.69) is 39.0 Å². The largest absolute Gasteiger partial charge is 0.507 e. The minimum Gasteiger partial charge on any atom is -0.507 e. The fraction of sp³-hybridized carbons (Fsp3) is 0.231. The number of Topliss-reactive ketones (excluding diaryl/α,β-unsaturated/α-hetero) is 1. The Balaban J connectivity index is 1.37. The molecule has 6 heteroatoms. The summed E-state index contributed by atoms with van der Waals surface area (Å²) in [5, 5.41) is 10.7. The fourth-order valence-electron chi connectivity index (χ4n) is 4.37. The number of ether oxygens (including phenoxy) is 1. The van der Waals surface area contributed by atoms with Gasteiger partial charge in [-0.1, -0.05) is 24.3 Å². The van der Waals surface area contributed by atoms with Crippen molar-refractivity contribution in [2.75, 3.05) is 31.1 Å². The Bertz CT molecular complexity index is 1170. The van der Waals surface area contributed by atoms with E-state index < -0.39 is 0 Å². The third-order valence-electron chi connectivity index (χ3n) is 6.08. The highest BCUT2D eigenvalue weighted by Crippen LogP contribution is 2.42. The lowest BCUT2D eigenvalue weighted by Crippen LogP contribution is -2.46. The third-order valence-corrected chi connectivity index (χ3v) is 6.08. The maximum atomic E-state index is 13.1. The number of hydrogen-bond acceptors (Lipinski definition) is 6. The van der Waals surface area contributed by atoms with Crippen LogP contribution in [0.2, 0.25) is 0 Å². The molecule has 162 valence electrons. The first-order chi connectivity index (χ1) is 15.6. The number of nitrogens with zero attached hydrogens (tertiary/aromatic N) is 3. The second-order valence-electron chi connectivity index (χ2n) is 8.22. The molecule has 2 aliphatic heterocycles. The van der Waals surface area contributed by atoms with Gasteiger partial charge in [0.25, 0.3) is 0 Å². The standard InChI is InChI=1S/C26H25N3O3/c1-18-14-22(30)21(17-28-10-12-29(13-11-28)20-7-3-2-4-8-20)26-24(18)25(31)23(32-26)15-19-6-5-9-27-16-19/h2-9,14-16,30H,10-13,17H2,1H3/b23-15-. The fourth-order valence-corrected chi connectivity index (χ4v) is 4.37. The summed E-state index contributed by atoms with van der Waals surface area (Å²) in [6.45, 7) is 5.90. The number of piperazine rings is 1. The first-order valence-corrected chi connectivity index (χ1v) is 10.8. The summed E-state index contributed by atoms with van der Waals surface area (Å²) in [7, 11) is 0. The van der Waals surface area contributed by atoms with E-state index in [9.17, 15) is 9.90 Å². The van der Waals surface area contributed by atoms with Crippen molar-refractivity contribution in [2.24, 2.45) is 0 Å². The molecule has 0 radical (unpaired) electrons. The normalized spacial score (nSPS) is 17.5. The second kappa shape index (κ2) is 8.48. The SMILES string of the molecule is Cc1cc(O)c(CN2CCN(c3ccccc3)CC2)c2c1C(=O)/C(=C/c1cccnc1)O2. The first kappa shape index (κ1) is 20.3. The number of para-hydroxylation sites is 1. The molecule has 2 aromatic carbocycles. The van der Waals surface area contributed by atoms with Gasteiger partial charge in [0.2, 0.25) is 5.78 Å². The van der Waals surface area contributed by atoms with Crippen LogP contribution in [0, 0.1) is 6.92 Å². The maximum Gasteiger partial charge on any atom is 0.232 e. The Kier molecular flexibility index (Phi) is 5.37. The highest BCUT2D eigenvalue weighted by atomic mass is 16.5. The van der Waals surface area contributed by atoms with Crippen molar-refractivity contribution in [1.29, 1.82) is 0 Å². The molecule has 32 heavy (non-hydrogen) atoms. The van der Waals surface area contributed by atoms with Crippen molar-refractivity contribution in [1.82, 2.24) is 9.88 Å². The molecule has 3 aromatic rings. The number of hydrogen-bond donors (Lipinski definition) is 1. The van der Waals surface area contributed by atoms with E-state index in [1.54, 1.807) is 24.5 Å². The molecule has 2 aliphatic rings. The summed E-state index contributed by atoms with van der Waals surface area (Å²) < 4.78 is 6.03. The van der Waals surface area contributed by atoms with Gasteiger partial charge in [0.05, 0.1) is 11.1 Å². The van der Waals surface area contributed by atoms with Crippen LogP contribution in [0.5, 0.6) is 11.5 Å². The number of ketones is 1. The van der Waals surface area contributed by atoms with Crippen molar-refractivity contribution in [3.8, 4) is 11.5 Å². The monoisotopic (exact) mass is 427 g/mol. The molecule has 0 amide bonds. The number of rotatable bonds is 4. The van der Waals surface area contributed by atoms with Crippen LogP contribution in [-0.4, -0.2) is 47.0 Å². The number of allylic oxidation sites excluding steroid dienone is 1. The summed E-state index contributed by atoms with van der Waals surface area (Å²) in [6, 6.07) is 15.8. The van der Waals surface area contributed by atoms with Crippen molar-refractivity contribution in [3.05, 3.63) is 88.9 Å². The molecule has 0 aliphatic carbocycles. The minimum atomic E-state index is -0.156. The van der Waals surface area contributed by atoms with Crippen LogP contribution in [0.3, 0.4) is 0 Å². The predicted molar refractivity (Wildman–Crippen MR) is 124 cm³/mol. The average Bonchev–Trinajstić information content (AvgIpc) is 3.14. The minimum absolute atomic E-state index is 0.156. The quantitative estimate of drug-likeness (QED) is 0.634. The Morgan fingerprint density at radius 1 is 1.09 bits per heavy atom. The van der Waals surface area contributed by atoms with Crippen LogP contribution < -0.4 is 9.64 Å². The van der Waals surface area contributed by atoms with Gasteiger partial charge < -0.3 is 14.7 Å². The second-order valence-corrected chi connectivity index (χ2v) is 8.22. The van der Waals surface area contributed by atoms with Crippen LogP contribution in [0.4, 0.5) is 5.69 Å². The summed E-state index contributed by atoms with van der Waals surface area (Å²) in [6.07, 6.45) is 5.07. The molecular weight excluding hydrogens is 402 g/mol. The lowest BCUT2D eigenvalue weighted by molar-refractivity contribution is 0.101. The van der Waals surface area contributed by atoms with Gasteiger partial charge in [-0.15, -0.1) is 0 Å². The lowest BCUT2D eigenvalue weighted by Gasteiger charge is -2.36. The number of benzene rings is 2. The van der Waals surface area contributed by atoms with E-state index in [0.29, 0.717) is 23.4 Å². The number of carbonyl (C=O) groups is 1. The summed E-state index contributed by atoms with van der Waals surface area (Å²) in [5.74, 6) is 0.753. The third kappa shape index (κ3) is 3.85. The van der Waals surface area contributed by atoms with E-state index in [0.717, 1.165) is 37.3 Å². The number of carbonyl (C=O) groups excluding carboxylic acids is 1. The van der Waals surface area contributed by atoms with Crippen molar-refractivity contribution in [3.63, 3.8) is 0 Å². The maximum absolute atomic E-state index is 13.1. The van der Waals surface area contributed by atoms with E-state index >= 15 is 0 Å². The summed E-state index contributed by atoms with van der Waals surface area (Å²) >= 11 is 0. The Morgan fingerprint density at radius 3 is 2.59 bits per heavy atom. The van der Waals surface area contributed by atoms with Gasteiger partial charge in [-0.25, -0.2) is 0 Å². The number of phenols is 1. The first-order valence-electron chi connectivity index (χ1n) is 10.8. The van der Waals surface area contributed by atoms with Crippen molar-refractivity contribution >= 4 is 17.5 Å². The smallest absolute Gasteiger partial charge is 0.232 e. The Morgan fingerprint density at radius 2 is 1.88 bits per heavy atom. The zero-order chi connectivity index (χ0) is 22.1. The molecule has 0 atom stereocenters. The molecule has 0 bridgehead atoms. The van der Waals surface area contributed by atoms with Crippen LogP contribution in [-0.2, 0) is 6.54 Å². The zero-order valence-corrected chi connectivity index (χ0v) is 18.0. The molecule has 6 nitrogen and oxygen atoms in total. The molecule has 1 N–H and O–H groups in total. The number of pyridine rings is 1. The van der Waals surface area contributed by atoms with Gasteiger partial charge >= 0.3 is 0 Å². The van der Waals surface area contributed by atoms with Crippen LogP contribution in [0.25, 0.3) is 6.08 Å². The number of aromatic nitrogens is 1. The molecule has 1 fully saturated rings. The molecule has 0 unspecified atom stereocenters. The number of anilines is 1. The van der Waals surface area contributed by atoms with E-state index in [1.807, 2.05) is 25.1 Å². The van der Waals surface area contributed by atoms with Gasteiger partial charge in [-0.2, -0.15) is 0 Å². The topological polar surface area (TPSA) is 65.9 Å². The molecular formula is C26H25N3O3. The molecule has 1 saturated heterocycles. The molecule has 3 heterocycles. The van der Waals surface area contributed by atoms with Crippen LogP contribution in [0.15, 0.2) is 66.7 Å². The van der Waals surface area contributed by atoms with Gasteiger partial charge in [-0.05, 0) is 48.4 Å². The van der Waals surface area contributed by atoms with Crippen molar-refractivity contribution in [2.45, 2.75) is 13.5 Å². The molecule has 1 aromatic heterocycles. The van der Waals surface area contributed by atoms with Gasteiger partial charge in [0, 0.05) is 50.8 Å². The van der Waals surface area contributed by atoms with Crippen molar-refractivity contribution < 1.29 is 14.6 Å². The summed E-state index contributed by atoms with van der Waals surface area (Å²) in [5.41, 5.74) is 3.95. The number of aromatic hydroxyl groups is 1. The highest BCUT2D eigenvalue weighted by molar-refractivity contribution is 6.15. The number of fused-ring (bicyclic) bond motifs is 1. The van der Waals surface area contributed by atoms with Crippen LogP contribution >= 0.6 is 0 Å². The zero-order valence-electron chi connectivity index (χ0n) is 18.0. The van der Waals surface area contributed by atoms with Gasteiger partial charge in [0.1, 0.15) is 11.5 Å². The molecule has 0 saturated carbocycles.